The smallest absolute Gasteiger partial charge is 0.161 e. The second-order valence-electron chi connectivity index (χ2n) is 4.20. The first kappa shape index (κ1) is 11.9. The van der Waals surface area contributed by atoms with Gasteiger partial charge in [-0.3, -0.25) is 0 Å². The Labute approximate surface area is 119 Å². The normalized spacial score (nSPS) is 14.0. The number of benzene rings is 2. The monoisotopic (exact) mass is 323 g/mol. The van der Waals surface area contributed by atoms with Crippen LogP contribution in [0.1, 0.15) is 5.56 Å². The third-order valence-corrected chi connectivity index (χ3v) is 3.72. The van der Waals surface area contributed by atoms with Crippen LogP contribution < -0.4 is 9.64 Å². The van der Waals surface area contributed by atoms with Gasteiger partial charge in [-0.25, -0.2) is 0 Å². The predicted molar refractivity (Wildman–Crippen MR) is 77.3 cm³/mol. The van der Waals surface area contributed by atoms with E-state index in [-0.39, 0.29) is 0 Å². The van der Waals surface area contributed by atoms with E-state index in [1.165, 1.54) is 0 Å². The number of hydrogen-bond acceptors (Lipinski definition) is 2. The average Bonchev–Trinajstić information content (AvgIpc) is 2.38. The molecular weight excluding hydrogens is 314 g/mol. The Morgan fingerprint density at radius 3 is 2.67 bits per heavy atom. The molecule has 1 aliphatic rings. The highest BCUT2D eigenvalue weighted by Gasteiger charge is 2.17. The molecule has 0 fully saturated rings. The average molecular weight is 325 g/mol. The summed E-state index contributed by atoms with van der Waals surface area (Å²) in [5, 5.41) is 0.745. The third-order valence-electron chi connectivity index (χ3n) is 2.95. The Balaban J connectivity index is 1.88. The lowest BCUT2D eigenvalue weighted by molar-refractivity contribution is 0.289. The first-order chi connectivity index (χ1) is 8.72. The van der Waals surface area contributed by atoms with E-state index in [4.69, 9.17) is 16.3 Å². The Morgan fingerprint density at radius 2 is 1.89 bits per heavy atom. The summed E-state index contributed by atoms with van der Waals surface area (Å²) >= 11 is 9.45. The topological polar surface area (TPSA) is 12.5 Å². The lowest BCUT2D eigenvalue weighted by Crippen LogP contribution is -2.31. The molecule has 3 rings (SSSR count). The fraction of sp³-hybridized carbons (Fsp3) is 0.143. The van der Waals surface area contributed by atoms with Crippen LogP contribution in [0.25, 0.3) is 0 Å². The molecule has 2 aromatic rings. The lowest BCUT2D eigenvalue weighted by Gasteiger charge is -2.30. The van der Waals surface area contributed by atoms with Crippen molar-refractivity contribution in [1.29, 1.82) is 0 Å². The number of rotatable bonds is 1. The van der Waals surface area contributed by atoms with E-state index in [1.807, 2.05) is 30.3 Å². The van der Waals surface area contributed by atoms with Crippen molar-refractivity contribution in [3.8, 4) is 5.75 Å². The van der Waals surface area contributed by atoms with Crippen molar-refractivity contribution in [2.75, 3.05) is 11.6 Å². The summed E-state index contributed by atoms with van der Waals surface area (Å²) in [6.45, 7) is 1.38. The molecule has 0 saturated carbocycles. The number of nitrogens with zero attached hydrogens (tertiary/aromatic N) is 1. The van der Waals surface area contributed by atoms with Gasteiger partial charge in [0.1, 0.15) is 5.75 Å². The van der Waals surface area contributed by atoms with E-state index >= 15 is 0 Å². The highest BCUT2D eigenvalue weighted by Crippen LogP contribution is 2.30. The molecule has 0 saturated heterocycles. The minimum Gasteiger partial charge on any atom is -0.473 e. The largest absolute Gasteiger partial charge is 0.473 e. The van der Waals surface area contributed by atoms with Crippen molar-refractivity contribution in [2.24, 2.45) is 0 Å². The molecule has 2 aromatic carbocycles. The van der Waals surface area contributed by atoms with Crippen LogP contribution in [-0.4, -0.2) is 6.73 Å². The van der Waals surface area contributed by atoms with Crippen LogP contribution in [-0.2, 0) is 6.54 Å². The van der Waals surface area contributed by atoms with Crippen LogP contribution >= 0.6 is 27.5 Å². The zero-order chi connectivity index (χ0) is 12.5. The van der Waals surface area contributed by atoms with Gasteiger partial charge >= 0.3 is 0 Å². The quantitative estimate of drug-likeness (QED) is 0.768. The van der Waals surface area contributed by atoms with E-state index in [0.717, 1.165) is 33.0 Å². The summed E-state index contributed by atoms with van der Waals surface area (Å²) in [5.74, 6) is 0.924. The SMILES string of the molecule is Clc1ccc2c(c1)CN(c1ccc(Br)cc1)CO2. The summed E-state index contributed by atoms with van der Waals surface area (Å²) < 4.78 is 6.81. The molecule has 0 bridgehead atoms. The van der Waals surface area contributed by atoms with Crippen LogP contribution in [0.2, 0.25) is 5.02 Å². The Bertz CT molecular complexity index is 571. The molecule has 0 N–H and O–H groups in total. The molecular formula is C14H11BrClNO. The minimum atomic E-state index is 0.566. The number of anilines is 1. The van der Waals surface area contributed by atoms with Crippen LogP contribution in [0.5, 0.6) is 5.75 Å². The summed E-state index contributed by atoms with van der Waals surface area (Å²) in [4.78, 5) is 2.17. The molecule has 0 radical (unpaired) electrons. The molecule has 0 amide bonds. The maximum atomic E-state index is 6.01. The maximum absolute atomic E-state index is 6.01. The fourth-order valence-electron chi connectivity index (χ4n) is 2.03. The van der Waals surface area contributed by atoms with E-state index in [1.54, 1.807) is 0 Å². The number of hydrogen-bond donors (Lipinski definition) is 0. The summed E-state index contributed by atoms with van der Waals surface area (Å²) in [5.41, 5.74) is 2.26. The van der Waals surface area contributed by atoms with E-state index in [9.17, 15) is 0 Å². The molecule has 0 aliphatic carbocycles. The standard InChI is InChI=1S/C14H11BrClNO/c15-11-1-4-13(5-2-11)17-8-10-7-12(16)3-6-14(10)18-9-17/h1-7H,8-9H2. The van der Waals surface area contributed by atoms with Crippen LogP contribution in [0.3, 0.4) is 0 Å². The second-order valence-corrected chi connectivity index (χ2v) is 5.55. The van der Waals surface area contributed by atoms with Gasteiger partial charge in [-0.05, 0) is 42.5 Å². The van der Waals surface area contributed by atoms with E-state index in [2.05, 4.69) is 33.0 Å². The van der Waals surface area contributed by atoms with Gasteiger partial charge in [0.05, 0.1) is 0 Å². The third kappa shape index (κ3) is 2.33. The van der Waals surface area contributed by atoms with Crippen molar-refractivity contribution in [3.05, 3.63) is 57.5 Å². The van der Waals surface area contributed by atoms with Crippen molar-refractivity contribution in [3.63, 3.8) is 0 Å². The summed E-state index contributed by atoms with van der Waals surface area (Å²) in [6.07, 6.45) is 0. The molecule has 4 heteroatoms. The molecule has 0 atom stereocenters. The zero-order valence-corrected chi connectivity index (χ0v) is 11.9. The van der Waals surface area contributed by atoms with Crippen molar-refractivity contribution < 1.29 is 4.74 Å². The highest BCUT2D eigenvalue weighted by molar-refractivity contribution is 9.10. The van der Waals surface area contributed by atoms with E-state index < -0.39 is 0 Å². The molecule has 92 valence electrons. The number of halogens is 2. The highest BCUT2D eigenvalue weighted by atomic mass is 79.9. The fourth-order valence-corrected chi connectivity index (χ4v) is 2.49. The number of fused-ring (bicyclic) bond motifs is 1. The van der Waals surface area contributed by atoms with Gasteiger partial charge in [0, 0.05) is 27.3 Å². The molecule has 0 unspecified atom stereocenters. The van der Waals surface area contributed by atoms with Gasteiger partial charge in [-0.2, -0.15) is 0 Å². The molecule has 18 heavy (non-hydrogen) atoms. The van der Waals surface area contributed by atoms with Crippen molar-refractivity contribution in [2.45, 2.75) is 6.54 Å². The van der Waals surface area contributed by atoms with Gasteiger partial charge in [0.2, 0.25) is 0 Å². The first-order valence-electron chi connectivity index (χ1n) is 5.64. The molecule has 1 aliphatic heterocycles. The molecule has 2 nitrogen and oxygen atoms in total. The molecule has 0 spiro atoms. The van der Waals surface area contributed by atoms with E-state index in [0.29, 0.717) is 6.73 Å². The summed E-state index contributed by atoms with van der Waals surface area (Å²) in [7, 11) is 0. The Kier molecular flexibility index (Phi) is 3.18. The predicted octanol–water partition coefficient (Wildman–Crippen LogP) is 4.46. The maximum Gasteiger partial charge on any atom is 0.161 e. The molecule has 0 aromatic heterocycles. The van der Waals surface area contributed by atoms with Gasteiger partial charge in [0.25, 0.3) is 0 Å². The first-order valence-corrected chi connectivity index (χ1v) is 6.81. The van der Waals surface area contributed by atoms with Gasteiger partial charge in [-0.1, -0.05) is 27.5 Å². The second kappa shape index (κ2) is 4.82. The van der Waals surface area contributed by atoms with Gasteiger partial charge in [0.15, 0.2) is 6.73 Å². The minimum absolute atomic E-state index is 0.566. The van der Waals surface area contributed by atoms with Gasteiger partial charge < -0.3 is 9.64 Å². The van der Waals surface area contributed by atoms with Crippen LogP contribution in [0, 0.1) is 0 Å². The zero-order valence-electron chi connectivity index (χ0n) is 9.57. The number of ether oxygens (including phenoxy) is 1. The van der Waals surface area contributed by atoms with Crippen LogP contribution in [0.4, 0.5) is 5.69 Å². The van der Waals surface area contributed by atoms with Crippen molar-refractivity contribution in [1.82, 2.24) is 0 Å². The molecule has 1 heterocycles. The van der Waals surface area contributed by atoms with Crippen LogP contribution in [0.15, 0.2) is 46.9 Å². The summed E-state index contributed by atoms with van der Waals surface area (Å²) in [6, 6.07) is 14.0. The van der Waals surface area contributed by atoms with Gasteiger partial charge in [-0.15, -0.1) is 0 Å². The Morgan fingerprint density at radius 1 is 1.11 bits per heavy atom. The Hall–Kier alpha value is -1.19. The lowest BCUT2D eigenvalue weighted by atomic mass is 10.1. The van der Waals surface area contributed by atoms with Crippen molar-refractivity contribution >= 4 is 33.2 Å².